The summed E-state index contributed by atoms with van der Waals surface area (Å²) >= 11 is 5.56. The molecule has 2 amide bonds. The summed E-state index contributed by atoms with van der Waals surface area (Å²) in [6.07, 6.45) is 3.18. The Morgan fingerprint density at radius 2 is 2.27 bits per heavy atom. The van der Waals surface area contributed by atoms with E-state index in [1.54, 1.807) is 24.9 Å². The number of hydrogen-bond donors (Lipinski definition) is 3. The molecule has 0 saturated carbocycles. The van der Waals surface area contributed by atoms with Crippen molar-refractivity contribution in [3.8, 4) is 0 Å². The lowest BCUT2D eigenvalue weighted by molar-refractivity contribution is 0.0599. The van der Waals surface area contributed by atoms with Crippen molar-refractivity contribution in [1.82, 2.24) is 15.1 Å². The Morgan fingerprint density at radius 3 is 2.86 bits per heavy atom. The van der Waals surface area contributed by atoms with Crippen LogP contribution in [0.2, 0.25) is 5.02 Å². The van der Waals surface area contributed by atoms with Gasteiger partial charge in [0.1, 0.15) is 11.4 Å². The van der Waals surface area contributed by atoms with E-state index in [1.165, 1.54) is 18.3 Å². The average molecular weight is 327 g/mol. The number of halogens is 2. The first-order valence-electron chi connectivity index (χ1n) is 6.49. The molecule has 1 aromatic heterocycles. The molecule has 0 aliphatic rings. The predicted octanol–water partition coefficient (Wildman–Crippen LogP) is 2.24. The summed E-state index contributed by atoms with van der Waals surface area (Å²) in [6.45, 7) is 1.53. The van der Waals surface area contributed by atoms with Gasteiger partial charge in [0, 0.05) is 24.5 Å². The third-order valence-corrected chi connectivity index (χ3v) is 3.40. The second-order valence-corrected chi connectivity index (χ2v) is 5.52. The van der Waals surface area contributed by atoms with Crippen molar-refractivity contribution in [3.63, 3.8) is 0 Å². The molecular weight excluding hydrogens is 311 g/mol. The molecule has 0 aliphatic carbocycles. The van der Waals surface area contributed by atoms with Crippen LogP contribution in [-0.4, -0.2) is 27.5 Å². The van der Waals surface area contributed by atoms with Gasteiger partial charge in [0.2, 0.25) is 0 Å². The minimum Gasteiger partial charge on any atom is -0.383 e. The van der Waals surface area contributed by atoms with Gasteiger partial charge < -0.3 is 15.7 Å². The first kappa shape index (κ1) is 16.3. The van der Waals surface area contributed by atoms with Crippen molar-refractivity contribution >= 4 is 23.3 Å². The monoisotopic (exact) mass is 326 g/mol. The Labute approximate surface area is 131 Å². The second kappa shape index (κ2) is 6.33. The van der Waals surface area contributed by atoms with Crippen LogP contribution in [0, 0.1) is 5.82 Å². The highest BCUT2D eigenvalue weighted by Gasteiger charge is 2.25. The lowest BCUT2D eigenvalue weighted by Crippen LogP contribution is -2.40. The minimum atomic E-state index is -1.27. The van der Waals surface area contributed by atoms with Gasteiger partial charge in [-0.1, -0.05) is 11.6 Å². The van der Waals surface area contributed by atoms with Crippen LogP contribution in [0.15, 0.2) is 30.6 Å². The molecule has 0 aliphatic heterocycles. The zero-order valence-corrected chi connectivity index (χ0v) is 12.9. The van der Waals surface area contributed by atoms with E-state index < -0.39 is 17.4 Å². The standard InChI is InChI=1S/C14H16ClFN4O2/c1-14(22,9-6-18-20(2)7-9)8-17-13(21)19-10-3-4-11(15)12(16)5-10/h3-7,22H,8H2,1-2H3,(H2,17,19,21)/t14-/m0/s1. The van der Waals surface area contributed by atoms with Crippen molar-refractivity contribution in [2.45, 2.75) is 12.5 Å². The summed E-state index contributed by atoms with van der Waals surface area (Å²) in [7, 11) is 1.73. The highest BCUT2D eigenvalue weighted by Crippen LogP contribution is 2.20. The maximum absolute atomic E-state index is 13.3. The van der Waals surface area contributed by atoms with E-state index in [-0.39, 0.29) is 17.3 Å². The average Bonchev–Trinajstić information content (AvgIpc) is 2.88. The van der Waals surface area contributed by atoms with Gasteiger partial charge >= 0.3 is 6.03 Å². The number of aryl methyl sites for hydroxylation is 1. The third kappa shape index (κ3) is 3.96. The Morgan fingerprint density at radius 1 is 1.55 bits per heavy atom. The van der Waals surface area contributed by atoms with Crippen LogP contribution < -0.4 is 10.6 Å². The highest BCUT2D eigenvalue weighted by atomic mass is 35.5. The van der Waals surface area contributed by atoms with Gasteiger partial charge in [-0.25, -0.2) is 9.18 Å². The van der Waals surface area contributed by atoms with Crippen LogP contribution >= 0.6 is 11.6 Å². The maximum Gasteiger partial charge on any atom is 0.319 e. The molecule has 2 aromatic rings. The number of hydrogen-bond acceptors (Lipinski definition) is 3. The van der Waals surface area contributed by atoms with Gasteiger partial charge in [-0.3, -0.25) is 4.68 Å². The molecule has 3 N–H and O–H groups in total. The lowest BCUT2D eigenvalue weighted by Gasteiger charge is -2.22. The number of anilines is 1. The second-order valence-electron chi connectivity index (χ2n) is 5.11. The Kier molecular flexibility index (Phi) is 4.68. The molecule has 2 rings (SSSR count). The third-order valence-electron chi connectivity index (χ3n) is 3.10. The Hall–Kier alpha value is -2.12. The summed E-state index contributed by atoms with van der Waals surface area (Å²) in [5.41, 5.74) is -0.426. The number of nitrogens with zero attached hydrogens (tertiary/aromatic N) is 2. The fraction of sp³-hybridized carbons (Fsp3) is 0.286. The van der Waals surface area contributed by atoms with Gasteiger partial charge in [-0.15, -0.1) is 0 Å². The van der Waals surface area contributed by atoms with Crippen LogP contribution in [0.3, 0.4) is 0 Å². The van der Waals surface area contributed by atoms with Crippen LogP contribution in [0.4, 0.5) is 14.9 Å². The molecule has 0 bridgehead atoms. The Bertz CT molecular complexity index is 687. The van der Waals surface area contributed by atoms with Gasteiger partial charge in [-0.05, 0) is 25.1 Å². The molecule has 1 aromatic carbocycles. The largest absolute Gasteiger partial charge is 0.383 e. The van der Waals surface area contributed by atoms with Crippen molar-refractivity contribution in [1.29, 1.82) is 0 Å². The quantitative estimate of drug-likeness (QED) is 0.806. The summed E-state index contributed by atoms with van der Waals surface area (Å²) < 4.78 is 14.8. The van der Waals surface area contributed by atoms with Crippen molar-refractivity contribution in [2.75, 3.05) is 11.9 Å². The number of aliphatic hydroxyl groups is 1. The maximum atomic E-state index is 13.3. The number of nitrogens with one attached hydrogen (secondary N) is 2. The van der Waals surface area contributed by atoms with E-state index in [9.17, 15) is 14.3 Å². The van der Waals surface area contributed by atoms with Crippen LogP contribution in [0.1, 0.15) is 12.5 Å². The summed E-state index contributed by atoms with van der Waals surface area (Å²) in [5, 5.41) is 19.2. The van der Waals surface area contributed by atoms with Crippen molar-refractivity contribution in [2.24, 2.45) is 7.05 Å². The summed E-state index contributed by atoms with van der Waals surface area (Å²) in [6, 6.07) is 3.37. The van der Waals surface area contributed by atoms with Crippen molar-refractivity contribution < 1.29 is 14.3 Å². The molecular formula is C14H16ClFN4O2. The Balaban J connectivity index is 1.93. The summed E-state index contributed by atoms with van der Waals surface area (Å²) in [4.78, 5) is 11.8. The molecule has 6 nitrogen and oxygen atoms in total. The normalized spacial score (nSPS) is 13.5. The van der Waals surface area contributed by atoms with E-state index in [0.717, 1.165) is 6.07 Å². The molecule has 118 valence electrons. The van der Waals surface area contributed by atoms with Crippen LogP contribution in [0.25, 0.3) is 0 Å². The van der Waals surface area contributed by atoms with Gasteiger partial charge in [-0.2, -0.15) is 5.10 Å². The van der Waals surface area contributed by atoms with Crippen molar-refractivity contribution in [3.05, 3.63) is 47.0 Å². The van der Waals surface area contributed by atoms with E-state index in [1.807, 2.05) is 0 Å². The SMILES string of the molecule is Cn1cc([C@@](C)(O)CNC(=O)Nc2ccc(Cl)c(F)c2)cn1. The van der Waals surface area contributed by atoms with Gasteiger partial charge in [0.25, 0.3) is 0 Å². The molecule has 0 fully saturated rings. The number of amides is 2. The minimum absolute atomic E-state index is 0.0227. The number of rotatable bonds is 4. The molecule has 22 heavy (non-hydrogen) atoms. The van der Waals surface area contributed by atoms with Gasteiger partial charge in [0.15, 0.2) is 0 Å². The molecule has 8 heteroatoms. The van der Waals surface area contributed by atoms with Crippen LogP contribution in [-0.2, 0) is 12.6 Å². The molecule has 0 spiro atoms. The molecule has 0 radical (unpaired) electrons. The number of aromatic nitrogens is 2. The number of carbonyl (C=O) groups is 1. The van der Waals surface area contributed by atoms with E-state index in [0.29, 0.717) is 5.56 Å². The van der Waals surface area contributed by atoms with Gasteiger partial charge in [0.05, 0.1) is 17.8 Å². The fourth-order valence-corrected chi connectivity index (χ4v) is 1.92. The van der Waals surface area contributed by atoms with E-state index >= 15 is 0 Å². The molecule has 0 unspecified atom stereocenters. The van der Waals surface area contributed by atoms with E-state index in [4.69, 9.17) is 11.6 Å². The number of urea groups is 1. The number of carbonyl (C=O) groups excluding carboxylic acids is 1. The molecule has 0 saturated heterocycles. The van der Waals surface area contributed by atoms with Crippen LogP contribution in [0.5, 0.6) is 0 Å². The summed E-state index contributed by atoms with van der Waals surface area (Å²) in [5.74, 6) is -0.623. The van der Waals surface area contributed by atoms with E-state index in [2.05, 4.69) is 15.7 Å². The number of benzene rings is 1. The fourth-order valence-electron chi connectivity index (χ4n) is 1.80. The topological polar surface area (TPSA) is 79.2 Å². The first-order valence-corrected chi connectivity index (χ1v) is 6.87. The first-order chi connectivity index (χ1) is 10.3. The predicted molar refractivity (Wildman–Crippen MR) is 81.2 cm³/mol. The molecule has 1 heterocycles. The molecule has 1 atom stereocenters. The zero-order chi connectivity index (χ0) is 16.3. The zero-order valence-electron chi connectivity index (χ0n) is 12.1. The lowest BCUT2D eigenvalue weighted by atomic mass is 10.00. The highest BCUT2D eigenvalue weighted by molar-refractivity contribution is 6.30. The smallest absolute Gasteiger partial charge is 0.319 e.